The number of rotatable bonds is 7. The molecule has 2 saturated heterocycles. The van der Waals surface area contributed by atoms with E-state index in [0.29, 0.717) is 12.8 Å². The van der Waals surface area contributed by atoms with Gasteiger partial charge in [-0.2, -0.15) is 0 Å². The Morgan fingerprint density at radius 2 is 2.03 bits per heavy atom. The fourth-order valence-corrected chi connectivity index (χ4v) is 3.97. The van der Waals surface area contributed by atoms with Gasteiger partial charge in [0, 0.05) is 20.6 Å². The van der Waals surface area contributed by atoms with E-state index in [2.05, 4.69) is 5.32 Å². The Morgan fingerprint density at radius 1 is 1.34 bits per heavy atom. The summed E-state index contributed by atoms with van der Waals surface area (Å²) in [7, 11) is 2.94. The molecule has 2 heterocycles. The number of carbonyl (C=O) groups excluding carboxylic acids is 3. The van der Waals surface area contributed by atoms with E-state index in [1.807, 2.05) is 0 Å². The number of aliphatic hydroxyl groups excluding tert-OH is 1. The maximum Gasteiger partial charge on any atom is 0.305 e. The second kappa shape index (κ2) is 11.2. The van der Waals surface area contributed by atoms with Gasteiger partial charge in [-0.05, 0) is 33.6 Å². The van der Waals surface area contributed by atoms with Gasteiger partial charge in [0.05, 0.1) is 6.54 Å². The Hall–Kier alpha value is -2.01. The van der Waals surface area contributed by atoms with E-state index >= 15 is 0 Å². The Labute approximate surface area is 189 Å². The minimum absolute atomic E-state index is 0.252. The number of methoxy groups -OCH3 is 1. The molecule has 2 amide bonds. The minimum atomic E-state index is -1.17. The highest BCUT2D eigenvalue weighted by molar-refractivity contribution is 5.89. The van der Waals surface area contributed by atoms with E-state index in [0.717, 1.165) is 0 Å². The number of hydrogen-bond donors (Lipinski definition) is 2. The maximum absolute atomic E-state index is 13.1. The first-order valence-electron chi connectivity index (χ1n) is 11.0. The number of amides is 2. The summed E-state index contributed by atoms with van der Waals surface area (Å²) in [6.45, 7) is 7.14. The van der Waals surface area contributed by atoms with Crippen LogP contribution < -0.4 is 5.32 Å². The van der Waals surface area contributed by atoms with E-state index < -0.39 is 48.3 Å². The van der Waals surface area contributed by atoms with E-state index in [1.165, 1.54) is 12.0 Å². The van der Waals surface area contributed by atoms with Crippen molar-refractivity contribution in [2.24, 2.45) is 0 Å². The zero-order valence-electron chi connectivity index (χ0n) is 19.7. The lowest BCUT2D eigenvalue weighted by molar-refractivity contribution is -0.334. The summed E-state index contributed by atoms with van der Waals surface area (Å²) in [6.07, 6.45) is -0.0310. The predicted molar refractivity (Wildman–Crippen MR) is 114 cm³/mol. The third-order valence-electron chi connectivity index (χ3n) is 5.54. The summed E-state index contributed by atoms with van der Waals surface area (Å²) in [5, 5.41) is 13.5. The van der Waals surface area contributed by atoms with Gasteiger partial charge in [0.25, 0.3) is 5.91 Å². The average Bonchev–Trinajstić information content (AvgIpc) is 2.85. The SMILES string of the molecule is C/C=C/C1OC(C)(C)OC(C(OC)C(=O)NC2CCC(OC(=O)CC)CN(C)C2=O)C1O. The van der Waals surface area contributed by atoms with E-state index in [1.54, 1.807) is 46.9 Å². The van der Waals surface area contributed by atoms with Gasteiger partial charge in [-0.1, -0.05) is 19.1 Å². The van der Waals surface area contributed by atoms with Crippen LogP contribution in [-0.2, 0) is 33.3 Å². The number of likely N-dealkylation sites (N-methyl/N-ethyl adjacent to an activating group) is 1. The van der Waals surface area contributed by atoms with Crippen molar-refractivity contribution < 1.29 is 38.4 Å². The van der Waals surface area contributed by atoms with Crippen LogP contribution in [0.5, 0.6) is 0 Å². The van der Waals surface area contributed by atoms with Gasteiger partial charge in [0.1, 0.15) is 30.5 Å². The topological polar surface area (TPSA) is 124 Å². The number of allylic oxidation sites excluding steroid dienone is 1. The molecule has 0 spiro atoms. The van der Waals surface area contributed by atoms with Gasteiger partial charge in [0.15, 0.2) is 11.9 Å². The van der Waals surface area contributed by atoms with Gasteiger partial charge >= 0.3 is 5.97 Å². The van der Waals surface area contributed by atoms with Crippen molar-refractivity contribution >= 4 is 17.8 Å². The van der Waals surface area contributed by atoms with E-state index in [9.17, 15) is 19.5 Å². The molecule has 2 fully saturated rings. The van der Waals surface area contributed by atoms with E-state index in [-0.39, 0.29) is 24.8 Å². The van der Waals surface area contributed by atoms with Crippen LogP contribution in [0.15, 0.2) is 12.2 Å². The number of aliphatic hydroxyl groups is 1. The van der Waals surface area contributed by atoms with Crippen molar-refractivity contribution in [3.63, 3.8) is 0 Å². The fourth-order valence-electron chi connectivity index (χ4n) is 3.97. The van der Waals surface area contributed by atoms with Crippen molar-refractivity contribution in [2.75, 3.05) is 20.7 Å². The van der Waals surface area contributed by atoms with Crippen molar-refractivity contribution in [3.05, 3.63) is 12.2 Å². The summed E-state index contributed by atoms with van der Waals surface area (Å²) < 4.78 is 22.3. The molecular formula is C22H36N2O8. The van der Waals surface area contributed by atoms with Gasteiger partial charge in [0.2, 0.25) is 5.91 Å². The molecule has 0 saturated carbocycles. The Kier molecular flexibility index (Phi) is 9.20. The quantitative estimate of drug-likeness (QED) is 0.420. The van der Waals surface area contributed by atoms with Gasteiger partial charge in [-0.25, -0.2) is 0 Å². The molecule has 182 valence electrons. The fraction of sp³-hybridized carbons (Fsp3) is 0.773. The zero-order chi connectivity index (χ0) is 24.1. The van der Waals surface area contributed by atoms with Crippen LogP contribution in [0, 0.1) is 0 Å². The highest BCUT2D eigenvalue weighted by Gasteiger charge is 2.48. The molecule has 10 nitrogen and oxygen atoms in total. The molecule has 2 aliphatic rings. The molecule has 0 bridgehead atoms. The molecule has 10 heteroatoms. The lowest BCUT2D eigenvalue weighted by Gasteiger charge is -2.45. The molecule has 2 aliphatic heterocycles. The van der Waals surface area contributed by atoms with Crippen molar-refractivity contribution in [1.29, 1.82) is 0 Å². The molecular weight excluding hydrogens is 420 g/mol. The first-order chi connectivity index (χ1) is 15.0. The third-order valence-corrected chi connectivity index (χ3v) is 5.54. The summed E-state index contributed by atoms with van der Waals surface area (Å²) in [4.78, 5) is 39.0. The number of likely N-dealkylation sites (tertiary alicyclic amines) is 1. The summed E-state index contributed by atoms with van der Waals surface area (Å²) >= 11 is 0. The molecule has 2 rings (SSSR count). The molecule has 0 radical (unpaired) electrons. The zero-order valence-corrected chi connectivity index (χ0v) is 19.7. The summed E-state index contributed by atoms with van der Waals surface area (Å²) in [5.74, 6) is -2.25. The predicted octanol–water partition coefficient (Wildman–Crippen LogP) is 0.517. The number of hydrogen-bond acceptors (Lipinski definition) is 8. The standard InChI is InChI=1S/C22H36N2O8/c1-7-9-15-17(26)18(32-22(3,4)31-15)19(29-6)20(27)23-14-11-10-13(30-16(25)8-2)12-24(5)21(14)28/h7,9,13-15,17-19,26H,8,10-12H2,1-6H3,(H,23,27)/b9-7+. The molecule has 32 heavy (non-hydrogen) atoms. The molecule has 0 aliphatic carbocycles. The van der Waals surface area contributed by atoms with Crippen LogP contribution in [0.25, 0.3) is 0 Å². The van der Waals surface area contributed by atoms with Gasteiger partial charge in [-0.3, -0.25) is 14.4 Å². The molecule has 6 atom stereocenters. The largest absolute Gasteiger partial charge is 0.460 e. The van der Waals surface area contributed by atoms with Crippen molar-refractivity contribution in [2.45, 2.75) is 89.3 Å². The minimum Gasteiger partial charge on any atom is -0.460 e. The lowest BCUT2D eigenvalue weighted by atomic mass is 9.98. The number of nitrogens with one attached hydrogen (secondary N) is 1. The third kappa shape index (κ3) is 6.50. The van der Waals surface area contributed by atoms with Gasteiger partial charge in [-0.15, -0.1) is 0 Å². The normalized spacial score (nSPS) is 31.8. The number of nitrogens with zero attached hydrogens (tertiary/aromatic N) is 1. The average molecular weight is 457 g/mol. The monoisotopic (exact) mass is 456 g/mol. The summed E-state index contributed by atoms with van der Waals surface area (Å²) in [6, 6.07) is -0.813. The highest BCUT2D eigenvalue weighted by Crippen LogP contribution is 2.30. The number of esters is 1. The van der Waals surface area contributed by atoms with Crippen LogP contribution in [-0.4, -0.2) is 90.8 Å². The molecule has 2 N–H and O–H groups in total. The molecule has 6 unspecified atom stereocenters. The summed E-state index contributed by atoms with van der Waals surface area (Å²) in [5.41, 5.74) is 0. The smallest absolute Gasteiger partial charge is 0.305 e. The molecule has 0 aromatic carbocycles. The Morgan fingerprint density at radius 3 is 2.62 bits per heavy atom. The van der Waals surface area contributed by atoms with Crippen LogP contribution in [0.4, 0.5) is 0 Å². The maximum atomic E-state index is 13.1. The van der Waals surface area contributed by atoms with Crippen LogP contribution >= 0.6 is 0 Å². The van der Waals surface area contributed by atoms with E-state index in [4.69, 9.17) is 18.9 Å². The lowest BCUT2D eigenvalue weighted by Crippen LogP contribution is -2.62. The Bertz CT molecular complexity index is 710. The molecule has 0 aromatic heterocycles. The van der Waals surface area contributed by atoms with Crippen molar-refractivity contribution in [1.82, 2.24) is 10.2 Å². The molecule has 0 aromatic rings. The Balaban J connectivity index is 2.12. The first-order valence-corrected chi connectivity index (χ1v) is 11.0. The highest BCUT2D eigenvalue weighted by atomic mass is 16.7. The van der Waals surface area contributed by atoms with Crippen molar-refractivity contribution in [3.8, 4) is 0 Å². The van der Waals surface area contributed by atoms with Crippen LogP contribution in [0.1, 0.15) is 47.0 Å². The number of carbonyl (C=O) groups is 3. The number of ether oxygens (including phenoxy) is 4. The second-order valence-electron chi connectivity index (χ2n) is 8.56. The van der Waals surface area contributed by atoms with Crippen LogP contribution in [0.2, 0.25) is 0 Å². The van der Waals surface area contributed by atoms with Crippen LogP contribution in [0.3, 0.4) is 0 Å². The second-order valence-corrected chi connectivity index (χ2v) is 8.56. The first kappa shape index (κ1) is 26.2. The van der Waals surface area contributed by atoms with Gasteiger partial charge < -0.3 is 34.3 Å².